The zero-order valence-electron chi connectivity index (χ0n) is 14.9. The second-order valence-corrected chi connectivity index (χ2v) is 6.61. The molecule has 1 amide bonds. The van der Waals surface area contributed by atoms with E-state index in [1.807, 2.05) is 30.3 Å². The third-order valence-electron chi connectivity index (χ3n) is 3.97. The quantitative estimate of drug-likeness (QED) is 0.648. The van der Waals surface area contributed by atoms with Gasteiger partial charge in [-0.3, -0.25) is 4.79 Å². The summed E-state index contributed by atoms with van der Waals surface area (Å²) in [6, 6.07) is 15.0. The first-order valence-electron chi connectivity index (χ1n) is 8.48. The summed E-state index contributed by atoms with van der Waals surface area (Å²) in [7, 11) is 0. The molecule has 0 aliphatic carbocycles. The normalized spacial score (nSPS) is 10.3. The fourth-order valence-corrected chi connectivity index (χ4v) is 3.67. The molecule has 7 heteroatoms. The fraction of sp³-hybridized carbons (Fsp3) is 0.0952. The lowest BCUT2D eigenvalue weighted by Gasteiger charge is -2.11. The monoisotopic (exact) mass is 394 g/mol. The van der Waals surface area contributed by atoms with Crippen LogP contribution in [0.1, 0.15) is 38.0 Å². The molecule has 0 aliphatic rings. The molecule has 0 saturated carbocycles. The van der Waals surface area contributed by atoms with Crippen molar-refractivity contribution in [3.8, 4) is 11.1 Å². The molecule has 142 valence electrons. The summed E-state index contributed by atoms with van der Waals surface area (Å²) >= 11 is 1.17. The van der Waals surface area contributed by atoms with Gasteiger partial charge in [-0.15, -0.1) is 11.3 Å². The lowest BCUT2D eigenvalue weighted by atomic mass is 10.0. The number of carbonyl (C=O) groups excluding carboxylic acids is 3. The van der Waals surface area contributed by atoms with Crippen molar-refractivity contribution in [2.75, 3.05) is 11.9 Å². The summed E-state index contributed by atoms with van der Waals surface area (Å²) in [6.45, 7) is 1.88. The SMILES string of the molecule is CCOC(=O)c1c(-c2ccccc2)csc1NC(=O)c1ccccc1C(=O)[O-]. The Morgan fingerprint density at radius 3 is 2.29 bits per heavy atom. The minimum absolute atomic E-state index is 0.0491. The van der Waals surface area contributed by atoms with Crippen LogP contribution in [0.3, 0.4) is 0 Å². The summed E-state index contributed by atoms with van der Waals surface area (Å²) in [5, 5.41) is 15.9. The fourth-order valence-electron chi connectivity index (χ4n) is 2.72. The molecule has 0 spiro atoms. The van der Waals surface area contributed by atoms with Crippen LogP contribution in [-0.4, -0.2) is 24.5 Å². The third-order valence-corrected chi connectivity index (χ3v) is 4.87. The highest BCUT2D eigenvalue weighted by atomic mass is 32.1. The summed E-state index contributed by atoms with van der Waals surface area (Å²) in [5.41, 5.74) is 1.40. The number of hydrogen-bond acceptors (Lipinski definition) is 6. The van der Waals surface area contributed by atoms with Crippen LogP contribution in [-0.2, 0) is 4.74 Å². The summed E-state index contributed by atoms with van der Waals surface area (Å²) in [5.74, 6) is -2.66. The number of thiophene rings is 1. The van der Waals surface area contributed by atoms with Gasteiger partial charge in [0.15, 0.2) is 0 Å². The minimum Gasteiger partial charge on any atom is -0.545 e. The van der Waals surface area contributed by atoms with Crippen LogP contribution in [0.15, 0.2) is 60.0 Å². The predicted octanol–water partition coefficient (Wildman–Crippen LogP) is 3.21. The van der Waals surface area contributed by atoms with Crippen LogP contribution < -0.4 is 10.4 Å². The van der Waals surface area contributed by atoms with Crippen LogP contribution >= 0.6 is 11.3 Å². The number of carbonyl (C=O) groups is 3. The number of carboxylic acids is 1. The Kier molecular flexibility index (Phi) is 5.86. The van der Waals surface area contributed by atoms with Gasteiger partial charge in [0, 0.05) is 22.1 Å². The number of anilines is 1. The van der Waals surface area contributed by atoms with E-state index in [-0.39, 0.29) is 28.3 Å². The Labute approximate surface area is 165 Å². The lowest BCUT2D eigenvalue weighted by molar-refractivity contribution is -0.255. The third kappa shape index (κ3) is 3.94. The molecule has 0 aliphatic heterocycles. The number of amides is 1. The van der Waals surface area contributed by atoms with Crippen molar-refractivity contribution in [3.63, 3.8) is 0 Å². The van der Waals surface area contributed by atoms with Crippen LogP contribution in [0.5, 0.6) is 0 Å². The molecule has 1 N–H and O–H groups in total. The van der Waals surface area contributed by atoms with Crippen LogP contribution in [0, 0.1) is 0 Å². The molecule has 28 heavy (non-hydrogen) atoms. The van der Waals surface area contributed by atoms with Gasteiger partial charge in [-0.1, -0.05) is 48.5 Å². The smallest absolute Gasteiger partial charge is 0.341 e. The number of aromatic carboxylic acids is 1. The Balaban J connectivity index is 2.01. The van der Waals surface area contributed by atoms with Crippen molar-refractivity contribution >= 4 is 34.2 Å². The Bertz CT molecular complexity index is 1030. The standard InChI is InChI=1S/C21H17NO5S/c1-2-27-21(26)17-16(13-8-4-3-5-9-13)12-28-19(17)22-18(23)14-10-6-7-11-15(14)20(24)25/h3-12H,2H2,1H3,(H,22,23)(H,24,25)/p-1. The molecular weight excluding hydrogens is 378 g/mol. The number of carboxylic acid groups (broad SMARTS) is 1. The molecule has 0 unspecified atom stereocenters. The van der Waals surface area contributed by atoms with Crippen molar-refractivity contribution in [1.82, 2.24) is 0 Å². The summed E-state index contributed by atoms with van der Waals surface area (Å²) < 4.78 is 5.15. The summed E-state index contributed by atoms with van der Waals surface area (Å²) in [6.07, 6.45) is 0. The van der Waals surface area contributed by atoms with Gasteiger partial charge >= 0.3 is 5.97 Å². The molecule has 3 aromatic rings. The zero-order valence-corrected chi connectivity index (χ0v) is 15.7. The van der Waals surface area contributed by atoms with E-state index >= 15 is 0 Å². The Morgan fingerprint density at radius 2 is 1.64 bits per heavy atom. The van der Waals surface area contributed by atoms with E-state index in [0.29, 0.717) is 5.56 Å². The molecule has 0 saturated heterocycles. The number of rotatable bonds is 6. The molecule has 2 aromatic carbocycles. The molecule has 1 aromatic heterocycles. The molecule has 1 heterocycles. The van der Waals surface area contributed by atoms with E-state index in [4.69, 9.17) is 4.74 Å². The second kappa shape index (κ2) is 8.49. The first kappa shape index (κ1) is 19.3. The Hall–Kier alpha value is -3.45. The van der Waals surface area contributed by atoms with Gasteiger partial charge in [0.2, 0.25) is 0 Å². The lowest BCUT2D eigenvalue weighted by Crippen LogP contribution is -2.26. The van der Waals surface area contributed by atoms with Crippen molar-refractivity contribution in [1.29, 1.82) is 0 Å². The highest BCUT2D eigenvalue weighted by Crippen LogP contribution is 2.36. The van der Waals surface area contributed by atoms with E-state index in [9.17, 15) is 19.5 Å². The molecule has 3 rings (SSSR count). The van der Waals surface area contributed by atoms with Gasteiger partial charge in [-0.25, -0.2) is 4.79 Å². The zero-order chi connectivity index (χ0) is 20.1. The van der Waals surface area contributed by atoms with Crippen molar-refractivity contribution < 1.29 is 24.2 Å². The topological polar surface area (TPSA) is 95.5 Å². The number of nitrogens with one attached hydrogen (secondary N) is 1. The maximum Gasteiger partial charge on any atom is 0.341 e. The minimum atomic E-state index is -1.45. The molecule has 0 radical (unpaired) electrons. The van der Waals surface area contributed by atoms with E-state index in [1.54, 1.807) is 18.4 Å². The average molecular weight is 394 g/mol. The molecule has 6 nitrogen and oxygen atoms in total. The molecule has 0 bridgehead atoms. The van der Waals surface area contributed by atoms with Gasteiger partial charge in [-0.05, 0) is 18.6 Å². The van der Waals surface area contributed by atoms with Gasteiger partial charge in [0.05, 0.1) is 12.6 Å². The number of benzene rings is 2. The number of ether oxygens (including phenoxy) is 1. The van der Waals surface area contributed by atoms with Gasteiger partial charge < -0.3 is 20.0 Å². The van der Waals surface area contributed by atoms with Crippen molar-refractivity contribution in [2.45, 2.75) is 6.92 Å². The first-order valence-corrected chi connectivity index (χ1v) is 9.36. The highest BCUT2D eigenvalue weighted by molar-refractivity contribution is 7.15. The van der Waals surface area contributed by atoms with Crippen LogP contribution in [0.4, 0.5) is 5.00 Å². The average Bonchev–Trinajstić information content (AvgIpc) is 3.12. The second-order valence-electron chi connectivity index (χ2n) is 5.73. The van der Waals surface area contributed by atoms with E-state index in [2.05, 4.69) is 5.32 Å². The van der Waals surface area contributed by atoms with Crippen molar-refractivity contribution in [3.05, 3.63) is 76.7 Å². The van der Waals surface area contributed by atoms with Gasteiger partial charge in [0.1, 0.15) is 10.6 Å². The molecular formula is C21H16NO5S-. The molecule has 0 fully saturated rings. The summed E-state index contributed by atoms with van der Waals surface area (Å²) in [4.78, 5) is 36.5. The number of hydrogen-bond donors (Lipinski definition) is 1. The van der Waals surface area contributed by atoms with Crippen LogP contribution in [0.25, 0.3) is 11.1 Å². The number of esters is 1. The van der Waals surface area contributed by atoms with E-state index < -0.39 is 17.8 Å². The maximum atomic E-state index is 12.7. The van der Waals surface area contributed by atoms with Crippen LogP contribution in [0.2, 0.25) is 0 Å². The van der Waals surface area contributed by atoms with E-state index in [1.165, 1.54) is 29.5 Å². The predicted molar refractivity (Wildman–Crippen MR) is 104 cm³/mol. The van der Waals surface area contributed by atoms with Gasteiger partial charge in [0.25, 0.3) is 5.91 Å². The molecule has 0 atom stereocenters. The van der Waals surface area contributed by atoms with Crippen molar-refractivity contribution in [2.24, 2.45) is 0 Å². The largest absolute Gasteiger partial charge is 0.545 e. The highest BCUT2D eigenvalue weighted by Gasteiger charge is 2.23. The first-order chi connectivity index (χ1) is 13.5. The Morgan fingerprint density at radius 1 is 1.00 bits per heavy atom. The maximum absolute atomic E-state index is 12.7. The van der Waals surface area contributed by atoms with Gasteiger partial charge in [-0.2, -0.15) is 0 Å². The van der Waals surface area contributed by atoms with E-state index in [0.717, 1.165) is 5.56 Å².